The summed E-state index contributed by atoms with van der Waals surface area (Å²) in [5.74, 6) is -2.56. The number of carbonyl (C=O) groups excluding carboxylic acids is 6. The first-order valence-corrected chi connectivity index (χ1v) is 50.2. The van der Waals surface area contributed by atoms with Crippen molar-refractivity contribution in [3.8, 4) is 0 Å². The van der Waals surface area contributed by atoms with Crippen LogP contribution in [0.25, 0.3) is 0 Å². The standard InChI is InChI=1S/C92H174N2O20P2/c1-9-17-23-29-33-37-39-43-47-53-59-66-91(99)113-85(79-103-75-68-83(62-55-49-27-21-13-5)111-89(97)64-57-51-45-41-35-31-25-19-11-3)81-109-115(101,105-72-15-7)107-74-61-70-93-87(95)78-88(96)94-71-77-108-116(102,106-73-16-8)110-82-86(114-92(100)67-60-54-48-44-40-38-34-30-24-18-10-2)80-104-76-69-84(63-56-50-28-22-14-6)112-90(98)65-58-52-46-42-36-32-26-20-12-4/h15-16,83-86H,7-14,17-82H2,1-6H3,(H,93,95)(H,94,96)/t83-,84-,85?,86?,115?,116?/m1/s1. The molecule has 0 heterocycles. The van der Waals surface area contributed by atoms with Crippen LogP contribution in [0.15, 0.2) is 25.3 Å². The average molecular weight is 1690 g/mol. The highest BCUT2D eigenvalue weighted by Gasteiger charge is 2.32. The van der Waals surface area contributed by atoms with E-state index in [4.69, 9.17) is 55.6 Å². The molecule has 0 saturated heterocycles. The van der Waals surface area contributed by atoms with Gasteiger partial charge in [-0.3, -0.25) is 55.9 Å². The number of ether oxygens (including phenoxy) is 6. The van der Waals surface area contributed by atoms with Gasteiger partial charge in [0, 0.05) is 51.6 Å². The number of hydrogen-bond acceptors (Lipinski definition) is 20. The van der Waals surface area contributed by atoms with Crippen molar-refractivity contribution in [3.63, 3.8) is 0 Å². The van der Waals surface area contributed by atoms with Crippen LogP contribution in [0.5, 0.6) is 0 Å². The Morgan fingerprint density at radius 3 is 0.828 bits per heavy atom. The molecule has 0 aliphatic heterocycles. The van der Waals surface area contributed by atoms with Crippen molar-refractivity contribution in [2.45, 2.75) is 451 Å². The number of phosphoric acid groups is 2. The second kappa shape index (κ2) is 85.0. The average Bonchev–Trinajstić information content (AvgIpc) is 0.892. The molecule has 2 amide bonds. The fraction of sp³-hybridized carbons (Fsp3) is 0.891. The molecule has 682 valence electrons. The summed E-state index contributed by atoms with van der Waals surface area (Å²) in [6.07, 6.45) is 59.6. The van der Waals surface area contributed by atoms with E-state index in [0.29, 0.717) is 44.9 Å². The van der Waals surface area contributed by atoms with Crippen LogP contribution in [-0.4, -0.2) is 139 Å². The molecule has 22 nitrogen and oxygen atoms in total. The maximum Gasteiger partial charge on any atom is 0.475 e. The van der Waals surface area contributed by atoms with Crippen LogP contribution >= 0.6 is 15.6 Å². The van der Waals surface area contributed by atoms with E-state index in [-0.39, 0.29) is 116 Å². The Morgan fingerprint density at radius 2 is 0.534 bits per heavy atom. The third kappa shape index (κ3) is 76.6. The Hall–Kier alpha value is -3.56. The summed E-state index contributed by atoms with van der Waals surface area (Å²) < 4.78 is 98.4. The monoisotopic (exact) mass is 1690 g/mol. The van der Waals surface area contributed by atoms with Gasteiger partial charge in [0.05, 0.1) is 66.1 Å². The van der Waals surface area contributed by atoms with Gasteiger partial charge in [-0.05, 0) is 57.8 Å². The van der Waals surface area contributed by atoms with Crippen molar-refractivity contribution in [2.24, 2.45) is 0 Å². The maximum atomic E-state index is 14.1. The van der Waals surface area contributed by atoms with E-state index < -0.39 is 64.6 Å². The largest absolute Gasteiger partial charge is 0.475 e. The highest BCUT2D eigenvalue weighted by atomic mass is 31.2. The first-order chi connectivity index (χ1) is 56.5. The Bertz CT molecular complexity index is 2410. The highest BCUT2D eigenvalue weighted by Crippen LogP contribution is 2.50. The summed E-state index contributed by atoms with van der Waals surface area (Å²) in [7, 11) is -8.69. The molecule has 0 spiro atoms. The van der Waals surface area contributed by atoms with Crippen LogP contribution in [0.2, 0.25) is 0 Å². The molecule has 0 aromatic rings. The minimum atomic E-state index is -4.37. The predicted molar refractivity (Wildman–Crippen MR) is 470 cm³/mol. The van der Waals surface area contributed by atoms with Crippen LogP contribution in [0.3, 0.4) is 0 Å². The van der Waals surface area contributed by atoms with E-state index in [1.165, 1.54) is 179 Å². The van der Waals surface area contributed by atoms with Crippen LogP contribution in [-0.2, 0) is 93.5 Å². The Kier molecular flexibility index (Phi) is 82.4. The number of hydrogen-bond donors (Lipinski definition) is 2. The summed E-state index contributed by atoms with van der Waals surface area (Å²) in [4.78, 5) is 79.0. The zero-order valence-electron chi connectivity index (χ0n) is 74.8. The van der Waals surface area contributed by atoms with E-state index in [1.807, 2.05) is 0 Å². The quantitative estimate of drug-likeness (QED) is 0.0143. The van der Waals surface area contributed by atoms with Crippen LogP contribution in [0.1, 0.15) is 427 Å². The van der Waals surface area contributed by atoms with Crippen molar-refractivity contribution < 1.29 is 93.5 Å². The number of rotatable bonds is 93. The second-order valence-electron chi connectivity index (χ2n) is 31.9. The van der Waals surface area contributed by atoms with Crippen molar-refractivity contribution in [2.75, 3.05) is 79.2 Å². The molecule has 0 rings (SSSR count). The lowest BCUT2D eigenvalue weighted by Gasteiger charge is -2.23. The van der Waals surface area contributed by atoms with Crippen molar-refractivity contribution in [1.82, 2.24) is 10.6 Å². The second-order valence-corrected chi connectivity index (χ2v) is 35.2. The Morgan fingerprint density at radius 1 is 0.276 bits per heavy atom. The fourth-order valence-corrected chi connectivity index (χ4v) is 15.9. The molecule has 24 heteroatoms. The van der Waals surface area contributed by atoms with Gasteiger partial charge in [0.25, 0.3) is 0 Å². The van der Waals surface area contributed by atoms with Gasteiger partial charge < -0.3 is 39.1 Å². The lowest BCUT2D eigenvalue weighted by atomic mass is 10.1. The van der Waals surface area contributed by atoms with Gasteiger partial charge in [0.15, 0.2) is 0 Å². The van der Waals surface area contributed by atoms with Crippen LogP contribution < -0.4 is 10.6 Å². The van der Waals surface area contributed by atoms with Gasteiger partial charge in [-0.2, -0.15) is 0 Å². The minimum absolute atomic E-state index is 0.0224. The van der Waals surface area contributed by atoms with E-state index in [0.717, 1.165) is 148 Å². The number of phosphoric ester groups is 2. The lowest BCUT2D eigenvalue weighted by molar-refractivity contribution is -0.156. The molecule has 0 aliphatic carbocycles. The fourth-order valence-electron chi connectivity index (χ4n) is 13.5. The van der Waals surface area contributed by atoms with Gasteiger partial charge in [0.1, 0.15) is 30.8 Å². The smallest absolute Gasteiger partial charge is 0.462 e. The van der Waals surface area contributed by atoms with Crippen molar-refractivity contribution in [1.29, 1.82) is 0 Å². The maximum absolute atomic E-state index is 14.1. The van der Waals surface area contributed by atoms with Gasteiger partial charge in [-0.25, -0.2) is 9.13 Å². The first-order valence-electron chi connectivity index (χ1n) is 47.3. The third-order valence-corrected chi connectivity index (χ3v) is 23.4. The molecule has 0 fully saturated rings. The molecular weight excluding hydrogens is 1510 g/mol. The SMILES string of the molecule is C=CCOP(=O)(OCCCNC(=O)CC(=O)NCCOP(=O)(OCC=C)OCC(COCC[C@@H](CCCCCCC)OC(=O)CCCCCCCCCCC)OC(=O)CCCCCCCCCCCCC)OCC(COCC[C@@H](CCCCCCC)OC(=O)CCCCCCCCCCC)OC(=O)CCCCCCCCCCCCC. The van der Waals surface area contributed by atoms with Crippen LogP contribution in [0, 0.1) is 0 Å². The first kappa shape index (κ1) is 112. The summed E-state index contributed by atoms with van der Waals surface area (Å²) in [5.41, 5.74) is 0. The lowest BCUT2D eigenvalue weighted by Crippen LogP contribution is -2.34. The van der Waals surface area contributed by atoms with E-state index in [2.05, 4.69) is 65.3 Å². The normalized spacial score (nSPS) is 13.6. The summed E-state index contributed by atoms with van der Waals surface area (Å²) in [6, 6.07) is 0. The number of esters is 4. The zero-order chi connectivity index (χ0) is 85.0. The van der Waals surface area contributed by atoms with Gasteiger partial charge in [-0.15, -0.1) is 13.2 Å². The Balaban J connectivity index is 5.85. The molecule has 0 aromatic carbocycles. The third-order valence-electron chi connectivity index (χ3n) is 20.6. The summed E-state index contributed by atoms with van der Waals surface area (Å²) in [5, 5.41) is 5.24. The van der Waals surface area contributed by atoms with Gasteiger partial charge in [0.2, 0.25) is 11.8 Å². The topological polar surface area (TPSA) is 271 Å². The van der Waals surface area contributed by atoms with Crippen molar-refractivity contribution >= 4 is 51.3 Å². The number of nitrogens with one attached hydrogen (secondary N) is 2. The molecule has 0 radical (unpaired) electrons. The molecule has 6 atom stereocenters. The van der Waals surface area contributed by atoms with Gasteiger partial charge in [-0.1, -0.05) is 336 Å². The van der Waals surface area contributed by atoms with E-state index in [9.17, 15) is 37.9 Å². The molecule has 4 unspecified atom stereocenters. The van der Waals surface area contributed by atoms with E-state index >= 15 is 0 Å². The van der Waals surface area contributed by atoms with Crippen molar-refractivity contribution in [3.05, 3.63) is 25.3 Å². The number of amides is 2. The number of unbranched alkanes of at least 4 members (excludes halogenated alkanes) is 44. The predicted octanol–water partition coefficient (Wildman–Crippen LogP) is 25.1. The highest BCUT2D eigenvalue weighted by molar-refractivity contribution is 7.48. The zero-order valence-corrected chi connectivity index (χ0v) is 76.6. The molecule has 0 saturated carbocycles. The van der Waals surface area contributed by atoms with Gasteiger partial charge >= 0.3 is 39.5 Å². The molecule has 0 aromatic heterocycles. The molecule has 2 N–H and O–H groups in total. The summed E-state index contributed by atoms with van der Waals surface area (Å²) >= 11 is 0. The Labute approximate surface area is 707 Å². The van der Waals surface area contributed by atoms with Crippen LogP contribution in [0.4, 0.5) is 0 Å². The minimum Gasteiger partial charge on any atom is -0.462 e. The summed E-state index contributed by atoms with van der Waals surface area (Å²) in [6.45, 7) is 18.9. The molecule has 0 bridgehead atoms. The molecular formula is C92H174N2O20P2. The number of carbonyl (C=O) groups is 6. The molecule has 116 heavy (non-hydrogen) atoms. The molecule has 0 aliphatic rings. The van der Waals surface area contributed by atoms with E-state index in [1.54, 1.807) is 0 Å².